The molecule has 0 unspecified atom stereocenters. The van der Waals surface area contributed by atoms with E-state index in [0.717, 1.165) is 5.56 Å². The minimum atomic E-state index is -0.232. The van der Waals surface area contributed by atoms with Crippen LogP contribution in [0.25, 0.3) is 0 Å². The Morgan fingerprint density at radius 2 is 2.06 bits per heavy atom. The number of hydrogen-bond donors (Lipinski definition) is 0. The van der Waals surface area contributed by atoms with Crippen molar-refractivity contribution in [1.29, 1.82) is 0 Å². The van der Waals surface area contributed by atoms with Crippen LogP contribution in [0.15, 0.2) is 30.3 Å². The summed E-state index contributed by atoms with van der Waals surface area (Å²) in [5.41, 5.74) is 1.05. The van der Waals surface area contributed by atoms with Crippen LogP contribution in [-0.4, -0.2) is 17.4 Å². The zero-order valence-corrected chi connectivity index (χ0v) is 9.23. The highest BCUT2D eigenvalue weighted by atomic mass is 16.2. The zero-order valence-electron chi connectivity index (χ0n) is 9.23. The molecule has 0 spiro atoms. The fraction of sp³-hybridized carbons (Fsp3) is 0.214. The van der Waals surface area contributed by atoms with Crippen LogP contribution < -0.4 is 0 Å². The molecular formula is C14H13NO. The monoisotopic (exact) mass is 211 g/mol. The van der Waals surface area contributed by atoms with E-state index in [4.69, 9.17) is 6.42 Å². The highest BCUT2D eigenvalue weighted by molar-refractivity contribution is 5.93. The molecule has 0 radical (unpaired) electrons. The van der Waals surface area contributed by atoms with E-state index in [1.807, 2.05) is 30.3 Å². The van der Waals surface area contributed by atoms with E-state index in [9.17, 15) is 4.79 Å². The van der Waals surface area contributed by atoms with Crippen molar-refractivity contribution in [2.45, 2.75) is 13.5 Å². The first-order chi connectivity index (χ1) is 7.77. The van der Waals surface area contributed by atoms with Crippen LogP contribution in [0.3, 0.4) is 0 Å². The van der Waals surface area contributed by atoms with E-state index in [1.54, 1.807) is 11.8 Å². The second-order valence-electron chi connectivity index (χ2n) is 3.23. The predicted octanol–water partition coefficient (Wildman–Crippen LogP) is 1.67. The molecule has 0 heterocycles. The number of nitrogens with zero attached hydrogens (tertiary/aromatic N) is 1. The minimum Gasteiger partial charge on any atom is -0.316 e. The average molecular weight is 211 g/mol. The van der Waals surface area contributed by atoms with Gasteiger partial charge in [-0.05, 0) is 18.4 Å². The van der Waals surface area contributed by atoms with Gasteiger partial charge in [-0.2, -0.15) is 0 Å². The van der Waals surface area contributed by atoms with Gasteiger partial charge in [-0.25, -0.2) is 0 Å². The molecular weight excluding hydrogens is 198 g/mol. The number of amides is 1. The lowest BCUT2D eigenvalue weighted by molar-refractivity contribution is -0.125. The smallest absolute Gasteiger partial charge is 0.299 e. The fourth-order valence-corrected chi connectivity index (χ4v) is 1.30. The molecule has 2 nitrogen and oxygen atoms in total. The molecule has 1 aromatic rings. The number of benzene rings is 1. The molecule has 2 heteroatoms. The Labute approximate surface area is 96.3 Å². The Morgan fingerprint density at radius 1 is 1.38 bits per heavy atom. The molecule has 0 aliphatic rings. The first kappa shape index (κ1) is 11.9. The largest absolute Gasteiger partial charge is 0.316 e. The van der Waals surface area contributed by atoms with Gasteiger partial charge in [0, 0.05) is 6.54 Å². The topological polar surface area (TPSA) is 20.3 Å². The number of rotatable bonds is 3. The van der Waals surface area contributed by atoms with Crippen molar-refractivity contribution >= 4 is 5.91 Å². The Morgan fingerprint density at radius 3 is 2.62 bits per heavy atom. The summed E-state index contributed by atoms with van der Waals surface area (Å²) in [4.78, 5) is 13.1. The average Bonchev–Trinajstić information content (AvgIpc) is 2.30. The van der Waals surface area contributed by atoms with Crippen molar-refractivity contribution < 1.29 is 4.79 Å². The highest BCUT2D eigenvalue weighted by Gasteiger charge is 2.09. The van der Waals surface area contributed by atoms with Crippen molar-refractivity contribution in [3.05, 3.63) is 35.9 Å². The highest BCUT2D eigenvalue weighted by Crippen LogP contribution is 2.03. The zero-order chi connectivity index (χ0) is 11.8. The summed E-state index contributed by atoms with van der Waals surface area (Å²) in [6.07, 6.45) is 5.22. The van der Waals surface area contributed by atoms with Crippen molar-refractivity contribution in [1.82, 2.24) is 4.90 Å². The van der Waals surface area contributed by atoms with Crippen molar-refractivity contribution in [3.8, 4) is 24.2 Å². The molecule has 0 N–H and O–H groups in total. The number of hydrogen-bond acceptors (Lipinski definition) is 1. The summed E-state index contributed by atoms with van der Waals surface area (Å²) in [6.45, 7) is 2.41. The van der Waals surface area contributed by atoms with E-state index >= 15 is 0 Å². The van der Waals surface area contributed by atoms with Crippen LogP contribution >= 0.6 is 0 Å². The normalized spacial score (nSPS) is 8.50. The Bertz CT molecular complexity index is 445. The molecule has 1 amide bonds. The molecule has 0 bridgehead atoms. The van der Waals surface area contributed by atoms with Gasteiger partial charge in [0.1, 0.15) is 0 Å². The van der Waals surface area contributed by atoms with Crippen molar-refractivity contribution in [2.75, 3.05) is 6.54 Å². The van der Waals surface area contributed by atoms with Crippen molar-refractivity contribution in [3.63, 3.8) is 0 Å². The van der Waals surface area contributed by atoms with Crippen molar-refractivity contribution in [2.24, 2.45) is 0 Å². The second-order valence-corrected chi connectivity index (χ2v) is 3.23. The van der Waals surface area contributed by atoms with Gasteiger partial charge in [-0.1, -0.05) is 42.2 Å². The van der Waals surface area contributed by atoms with Crippen LogP contribution in [0.4, 0.5) is 0 Å². The summed E-state index contributed by atoms with van der Waals surface area (Å²) in [6, 6.07) is 9.70. The van der Waals surface area contributed by atoms with E-state index in [1.165, 1.54) is 0 Å². The van der Waals surface area contributed by atoms with Gasteiger partial charge in [0.05, 0.1) is 6.54 Å². The Hall–Kier alpha value is -2.19. The fourth-order valence-electron chi connectivity index (χ4n) is 1.30. The van der Waals surface area contributed by atoms with Gasteiger partial charge in [0.25, 0.3) is 5.91 Å². The van der Waals surface area contributed by atoms with Gasteiger partial charge in [-0.3, -0.25) is 4.79 Å². The van der Waals surface area contributed by atoms with Gasteiger partial charge in [-0.15, -0.1) is 6.42 Å². The molecule has 0 fully saturated rings. The number of carbonyl (C=O) groups is 1. The van der Waals surface area contributed by atoms with E-state index in [0.29, 0.717) is 6.54 Å². The van der Waals surface area contributed by atoms with E-state index in [-0.39, 0.29) is 12.5 Å². The lowest BCUT2D eigenvalue weighted by Crippen LogP contribution is -2.29. The molecule has 0 saturated heterocycles. The lowest BCUT2D eigenvalue weighted by atomic mass is 10.2. The Kier molecular flexibility index (Phi) is 4.70. The number of terminal acetylenes is 1. The third-order valence-corrected chi connectivity index (χ3v) is 2.02. The van der Waals surface area contributed by atoms with Gasteiger partial charge >= 0.3 is 0 Å². The summed E-state index contributed by atoms with van der Waals surface area (Å²) >= 11 is 0. The maximum atomic E-state index is 11.6. The summed E-state index contributed by atoms with van der Waals surface area (Å²) in [5.74, 6) is 7.31. The quantitative estimate of drug-likeness (QED) is 0.696. The van der Waals surface area contributed by atoms with Gasteiger partial charge in [0.15, 0.2) is 0 Å². The molecule has 80 valence electrons. The van der Waals surface area contributed by atoms with Crippen LogP contribution in [0.5, 0.6) is 0 Å². The molecule has 16 heavy (non-hydrogen) atoms. The van der Waals surface area contributed by atoms with E-state index < -0.39 is 0 Å². The maximum absolute atomic E-state index is 11.6. The number of carbonyl (C=O) groups excluding carboxylic acids is 1. The summed E-state index contributed by atoms with van der Waals surface area (Å²) < 4.78 is 0. The second kappa shape index (κ2) is 6.32. The molecule has 1 aromatic carbocycles. The van der Waals surface area contributed by atoms with Crippen LogP contribution in [0, 0.1) is 24.2 Å². The molecule has 0 atom stereocenters. The first-order valence-corrected chi connectivity index (χ1v) is 4.97. The van der Waals surface area contributed by atoms with Crippen LogP contribution in [0.2, 0.25) is 0 Å². The van der Waals surface area contributed by atoms with Crippen LogP contribution in [0.1, 0.15) is 12.5 Å². The van der Waals surface area contributed by atoms with Crippen LogP contribution in [-0.2, 0) is 11.3 Å². The predicted molar refractivity (Wildman–Crippen MR) is 64.1 cm³/mol. The molecule has 1 rings (SSSR count). The molecule has 0 aliphatic carbocycles. The van der Waals surface area contributed by atoms with Gasteiger partial charge in [0.2, 0.25) is 0 Å². The Balaban J connectivity index is 2.75. The lowest BCUT2D eigenvalue weighted by Gasteiger charge is -2.17. The minimum absolute atomic E-state index is 0.232. The van der Waals surface area contributed by atoms with E-state index in [2.05, 4.69) is 17.8 Å². The molecule has 0 saturated carbocycles. The summed E-state index contributed by atoms with van der Waals surface area (Å²) in [5, 5.41) is 0. The third kappa shape index (κ3) is 3.52. The summed E-state index contributed by atoms with van der Waals surface area (Å²) in [7, 11) is 0. The molecule has 0 aromatic heterocycles. The van der Waals surface area contributed by atoms with Gasteiger partial charge < -0.3 is 4.90 Å². The first-order valence-electron chi connectivity index (χ1n) is 4.97. The molecule has 0 aliphatic heterocycles. The SMILES string of the molecule is C#CCN(Cc1ccccc1)C(=O)C#CC. The standard InChI is InChI=1S/C14H13NO/c1-3-8-14(16)15(11-4-2)12-13-9-6-5-7-10-13/h2,5-7,9-10H,11-12H2,1H3. The third-order valence-electron chi connectivity index (χ3n) is 2.02. The maximum Gasteiger partial charge on any atom is 0.299 e.